The topological polar surface area (TPSA) is 39.4 Å². The molecule has 4 atom stereocenters. The summed E-state index contributed by atoms with van der Waals surface area (Å²) in [6.07, 6.45) is 11.6. The average Bonchev–Trinajstić information content (AvgIpc) is 3.15. The smallest absolute Gasteiger partial charge is 0.306 e. The highest BCUT2D eigenvalue weighted by molar-refractivity contribution is 5.69. The second kappa shape index (κ2) is 10.3. The predicted octanol–water partition coefficient (Wildman–Crippen LogP) is 7.11. The summed E-state index contributed by atoms with van der Waals surface area (Å²) in [5, 5.41) is 0. The lowest BCUT2D eigenvalue weighted by Crippen LogP contribution is -2.40. The van der Waals surface area contributed by atoms with Crippen LogP contribution in [0.3, 0.4) is 0 Å². The van der Waals surface area contributed by atoms with E-state index in [0.717, 1.165) is 38.5 Å². The van der Waals surface area contributed by atoms with E-state index in [1.54, 1.807) is 11.8 Å². The number of hydrogen-bond acceptors (Lipinski definition) is 3. The minimum absolute atomic E-state index is 0.0261. The van der Waals surface area contributed by atoms with Crippen molar-refractivity contribution in [3.05, 3.63) is 35.3 Å². The molecule has 1 saturated carbocycles. The highest BCUT2D eigenvalue weighted by Gasteiger charge is 2.43. The van der Waals surface area contributed by atoms with Crippen LogP contribution in [0.1, 0.15) is 92.1 Å². The summed E-state index contributed by atoms with van der Waals surface area (Å²) in [5.41, 5.74) is 4.46. The predicted molar refractivity (Wildman–Crippen MR) is 115 cm³/mol. The van der Waals surface area contributed by atoms with E-state index in [9.17, 15) is 4.79 Å². The number of carbonyl (C=O) groups is 1. The second-order valence-electron chi connectivity index (χ2n) is 9.28. The molecule has 1 aliphatic rings. The zero-order chi connectivity index (χ0) is 20.7. The van der Waals surface area contributed by atoms with Crippen molar-refractivity contribution in [3.8, 4) is 0 Å². The Morgan fingerprint density at radius 1 is 1.39 bits per heavy atom. The van der Waals surface area contributed by atoms with Gasteiger partial charge in [-0.25, -0.2) is 0 Å². The van der Waals surface area contributed by atoms with Gasteiger partial charge in [-0.3, -0.25) is 4.79 Å². The molecule has 158 valence electrons. The molecule has 3 nitrogen and oxygen atoms in total. The summed E-state index contributed by atoms with van der Waals surface area (Å²) in [5.74, 6) is 1.05. The molecule has 1 aromatic heterocycles. The van der Waals surface area contributed by atoms with Crippen LogP contribution < -0.4 is 0 Å². The van der Waals surface area contributed by atoms with E-state index in [2.05, 4.69) is 40.7 Å². The number of allylic oxidation sites excluding steroid dienone is 2. The quantitative estimate of drug-likeness (QED) is 0.334. The Labute approximate surface area is 171 Å². The molecule has 0 amide bonds. The van der Waals surface area contributed by atoms with E-state index in [1.807, 2.05) is 13.2 Å². The Kier molecular flexibility index (Phi) is 8.39. The second-order valence-corrected chi connectivity index (χ2v) is 9.28. The molecular formula is C25H40O3. The van der Waals surface area contributed by atoms with Crippen molar-refractivity contribution in [1.82, 2.24) is 0 Å². The Hall–Kier alpha value is -1.51. The third-order valence-electron chi connectivity index (χ3n) is 7.03. The highest BCUT2D eigenvalue weighted by Crippen LogP contribution is 2.53. The molecule has 2 rings (SSSR count). The molecule has 1 unspecified atom stereocenters. The molecule has 1 heterocycles. The van der Waals surface area contributed by atoms with Gasteiger partial charge >= 0.3 is 5.97 Å². The third-order valence-corrected chi connectivity index (χ3v) is 7.03. The monoisotopic (exact) mass is 388 g/mol. The molecule has 0 aliphatic heterocycles. The van der Waals surface area contributed by atoms with Crippen LogP contribution in [-0.2, 0) is 16.0 Å². The van der Waals surface area contributed by atoms with Gasteiger partial charge in [0, 0.05) is 6.42 Å². The van der Waals surface area contributed by atoms with Gasteiger partial charge in [0.05, 0.1) is 18.6 Å². The van der Waals surface area contributed by atoms with Crippen LogP contribution in [0.5, 0.6) is 0 Å². The Bertz CT molecular complexity index is 639. The minimum atomic E-state index is -0.0375. The first-order chi connectivity index (χ1) is 13.3. The molecule has 0 bridgehead atoms. The zero-order valence-corrected chi connectivity index (χ0v) is 18.8. The Morgan fingerprint density at radius 2 is 2.14 bits per heavy atom. The van der Waals surface area contributed by atoms with Gasteiger partial charge in [-0.1, -0.05) is 38.3 Å². The molecule has 0 N–H and O–H groups in total. The van der Waals surface area contributed by atoms with E-state index in [0.29, 0.717) is 18.3 Å². The standard InChI is InChI=1S/C25H40O3/c1-7-8-20(5)28-24(26)12-11-23-22(18(2)3)10-9-19(4)25(23,6)15-13-21-14-16-27-17-21/h14,16-17,19-20,23H,7-13,15H2,1-6H3/t19-,20+,23?,25+/m1/s1. The first-order valence-electron chi connectivity index (χ1n) is 11.1. The van der Waals surface area contributed by atoms with Gasteiger partial charge in [0.25, 0.3) is 0 Å². The van der Waals surface area contributed by atoms with Crippen LogP contribution in [0.4, 0.5) is 0 Å². The van der Waals surface area contributed by atoms with Gasteiger partial charge < -0.3 is 9.15 Å². The molecular weight excluding hydrogens is 348 g/mol. The maximum Gasteiger partial charge on any atom is 0.306 e. The summed E-state index contributed by atoms with van der Waals surface area (Å²) < 4.78 is 10.9. The first kappa shape index (κ1) is 22.8. The number of carbonyl (C=O) groups excluding carboxylic acids is 1. The molecule has 1 aromatic rings. The van der Waals surface area contributed by atoms with Crippen LogP contribution in [0, 0.1) is 17.3 Å². The fourth-order valence-electron chi connectivity index (χ4n) is 5.00. The van der Waals surface area contributed by atoms with Gasteiger partial charge in [-0.15, -0.1) is 0 Å². The number of hydrogen-bond donors (Lipinski definition) is 0. The van der Waals surface area contributed by atoms with Crippen molar-refractivity contribution in [2.24, 2.45) is 17.3 Å². The van der Waals surface area contributed by atoms with Crippen molar-refractivity contribution in [3.63, 3.8) is 0 Å². The molecule has 1 aliphatic carbocycles. The SMILES string of the molecule is CCC[C@H](C)OC(=O)CCC1C(=C(C)C)CC[C@@H](C)[C@]1(C)CCc1ccoc1. The van der Waals surface area contributed by atoms with Gasteiger partial charge in [-0.2, -0.15) is 0 Å². The number of aryl methyl sites for hydroxylation is 1. The molecule has 28 heavy (non-hydrogen) atoms. The van der Waals surface area contributed by atoms with E-state index in [-0.39, 0.29) is 17.5 Å². The zero-order valence-electron chi connectivity index (χ0n) is 18.8. The van der Waals surface area contributed by atoms with Crippen molar-refractivity contribution >= 4 is 5.97 Å². The van der Waals surface area contributed by atoms with Crippen LogP contribution in [0.2, 0.25) is 0 Å². The first-order valence-corrected chi connectivity index (χ1v) is 11.1. The van der Waals surface area contributed by atoms with Crippen molar-refractivity contribution in [1.29, 1.82) is 0 Å². The largest absolute Gasteiger partial charge is 0.472 e. The van der Waals surface area contributed by atoms with E-state index >= 15 is 0 Å². The maximum atomic E-state index is 12.4. The average molecular weight is 389 g/mol. The van der Waals surface area contributed by atoms with Crippen molar-refractivity contribution < 1.29 is 13.9 Å². The van der Waals surface area contributed by atoms with Gasteiger partial charge in [0.2, 0.25) is 0 Å². The number of rotatable bonds is 9. The lowest BCUT2D eigenvalue weighted by molar-refractivity contribution is -0.149. The molecule has 0 radical (unpaired) electrons. The third kappa shape index (κ3) is 5.75. The van der Waals surface area contributed by atoms with Crippen molar-refractivity contribution in [2.75, 3.05) is 0 Å². The molecule has 0 spiro atoms. The molecule has 0 aromatic carbocycles. The molecule has 0 saturated heterocycles. The number of ether oxygens (including phenoxy) is 1. The summed E-state index contributed by atoms with van der Waals surface area (Å²) in [6, 6.07) is 2.07. The van der Waals surface area contributed by atoms with Gasteiger partial charge in [0.15, 0.2) is 0 Å². The normalized spacial score (nSPS) is 26.1. The van der Waals surface area contributed by atoms with Gasteiger partial charge in [-0.05, 0) is 88.2 Å². The van der Waals surface area contributed by atoms with E-state index in [4.69, 9.17) is 9.15 Å². The van der Waals surface area contributed by atoms with E-state index in [1.165, 1.54) is 17.6 Å². The van der Waals surface area contributed by atoms with Gasteiger partial charge in [0.1, 0.15) is 0 Å². The van der Waals surface area contributed by atoms with Crippen LogP contribution >= 0.6 is 0 Å². The summed E-state index contributed by atoms with van der Waals surface area (Å²) in [4.78, 5) is 12.4. The van der Waals surface area contributed by atoms with Crippen LogP contribution in [-0.4, -0.2) is 12.1 Å². The summed E-state index contributed by atoms with van der Waals surface area (Å²) in [6.45, 7) is 13.4. The lowest BCUT2D eigenvalue weighted by Gasteiger charge is -2.49. The minimum Gasteiger partial charge on any atom is -0.472 e. The van der Waals surface area contributed by atoms with E-state index < -0.39 is 0 Å². The Morgan fingerprint density at radius 3 is 2.75 bits per heavy atom. The lowest BCUT2D eigenvalue weighted by atomic mass is 9.56. The summed E-state index contributed by atoms with van der Waals surface area (Å²) in [7, 11) is 0. The van der Waals surface area contributed by atoms with Crippen LogP contribution in [0.15, 0.2) is 34.2 Å². The molecule has 1 fully saturated rings. The molecule has 3 heteroatoms. The number of furan rings is 1. The Balaban J connectivity index is 2.12. The highest BCUT2D eigenvalue weighted by atomic mass is 16.5. The van der Waals surface area contributed by atoms with Crippen LogP contribution in [0.25, 0.3) is 0 Å². The maximum absolute atomic E-state index is 12.4. The fraction of sp³-hybridized carbons (Fsp3) is 0.720. The fourth-order valence-corrected chi connectivity index (χ4v) is 5.00. The van der Waals surface area contributed by atoms with Crippen molar-refractivity contribution in [2.45, 2.75) is 99.0 Å². The summed E-state index contributed by atoms with van der Waals surface area (Å²) >= 11 is 0. The number of esters is 1.